The van der Waals surface area contributed by atoms with Crippen molar-refractivity contribution >= 4 is 0 Å². The summed E-state index contributed by atoms with van der Waals surface area (Å²) in [6.07, 6.45) is 1.02. The fourth-order valence-electron chi connectivity index (χ4n) is 1.83. The summed E-state index contributed by atoms with van der Waals surface area (Å²) in [5.41, 5.74) is 9.74. The largest absolute Gasteiger partial charge is 0.395 e. The van der Waals surface area contributed by atoms with Gasteiger partial charge in [-0.2, -0.15) is 0 Å². The van der Waals surface area contributed by atoms with Crippen LogP contribution in [0.5, 0.6) is 0 Å². The first-order valence-corrected chi connectivity index (χ1v) is 6.14. The lowest BCUT2D eigenvalue weighted by Gasteiger charge is -2.20. The van der Waals surface area contributed by atoms with Crippen molar-refractivity contribution in [2.24, 2.45) is 5.73 Å². The fourth-order valence-corrected chi connectivity index (χ4v) is 1.83. The summed E-state index contributed by atoms with van der Waals surface area (Å²) in [5.74, 6) is 0. The highest BCUT2D eigenvalue weighted by atomic mass is 16.3. The van der Waals surface area contributed by atoms with E-state index in [1.807, 2.05) is 7.05 Å². The number of aliphatic hydroxyl groups excluding tert-OH is 1. The molecular weight excluding hydrogens is 212 g/mol. The van der Waals surface area contributed by atoms with E-state index in [4.69, 9.17) is 10.8 Å². The molecule has 0 aliphatic heterocycles. The summed E-state index contributed by atoms with van der Waals surface area (Å²) in [7, 11) is 2.04. The molecule has 0 bridgehead atoms. The molecule has 1 aromatic rings. The fraction of sp³-hybridized carbons (Fsp3) is 0.571. The number of rotatable bonds is 6. The Kier molecular flexibility index (Phi) is 5.62. The van der Waals surface area contributed by atoms with Gasteiger partial charge in [0.05, 0.1) is 6.61 Å². The Hall–Kier alpha value is -0.900. The highest BCUT2D eigenvalue weighted by Crippen LogP contribution is 2.10. The summed E-state index contributed by atoms with van der Waals surface area (Å²) in [6, 6.07) is 6.46. The summed E-state index contributed by atoms with van der Waals surface area (Å²) in [6.45, 7) is 6.03. The predicted molar refractivity (Wildman–Crippen MR) is 72.2 cm³/mol. The summed E-state index contributed by atoms with van der Waals surface area (Å²) < 4.78 is 0. The van der Waals surface area contributed by atoms with Crippen LogP contribution in [0, 0.1) is 13.8 Å². The average molecular weight is 236 g/mol. The van der Waals surface area contributed by atoms with Gasteiger partial charge in [0.15, 0.2) is 0 Å². The average Bonchev–Trinajstić information content (AvgIpc) is 2.30. The van der Waals surface area contributed by atoms with E-state index in [-0.39, 0.29) is 12.6 Å². The predicted octanol–water partition coefficient (Wildman–Crippen LogP) is 1.10. The maximum atomic E-state index is 8.88. The van der Waals surface area contributed by atoms with Crippen LogP contribution in [0.15, 0.2) is 18.2 Å². The number of nitrogens with two attached hydrogens (primary N) is 1. The van der Waals surface area contributed by atoms with Crippen molar-refractivity contribution in [1.29, 1.82) is 0 Å². The minimum Gasteiger partial charge on any atom is -0.395 e. The number of likely N-dealkylation sites (N-methyl/N-ethyl adjacent to an activating group) is 1. The monoisotopic (exact) mass is 236 g/mol. The van der Waals surface area contributed by atoms with Crippen LogP contribution in [0.1, 0.15) is 16.7 Å². The first kappa shape index (κ1) is 14.2. The zero-order chi connectivity index (χ0) is 12.8. The van der Waals surface area contributed by atoms with E-state index in [1.165, 1.54) is 16.7 Å². The molecule has 0 heterocycles. The molecule has 0 aliphatic carbocycles. The topological polar surface area (TPSA) is 49.5 Å². The number of nitrogens with zero attached hydrogens (tertiary/aromatic N) is 1. The van der Waals surface area contributed by atoms with Gasteiger partial charge in [-0.15, -0.1) is 0 Å². The zero-order valence-electron chi connectivity index (χ0n) is 11.1. The first-order chi connectivity index (χ1) is 8.02. The highest BCUT2D eigenvalue weighted by Gasteiger charge is 2.05. The molecule has 17 heavy (non-hydrogen) atoms. The number of aliphatic hydroxyl groups is 1. The Morgan fingerprint density at radius 1 is 1.29 bits per heavy atom. The van der Waals surface area contributed by atoms with E-state index in [1.54, 1.807) is 0 Å². The van der Waals surface area contributed by atoms with Gasteiger partial charge in [0.25, 0.3) is 0 Å². The minimum absolute atomic E-state index is 0.0496. The van der Waals surface area contributed by atoms with E-state index in [2.05, 4.69) is 36.9 Å². The van der Waals surface area contributed by atoms with E-state index in [0.29, 0.717) is 0 Å². The van der Waals surface area contributed by atoms with Gasteiger partial charge in [-0.25, -0.2) is 0 Å². The summed E-state index contributed by atoms with van der Waals surface area (Å²) in [5, 5.41) is 8.88. The van der Waals surface area contributed by atoms with E-state index in [9.17, 15) is 0 Å². The van der Waals surface area contributed by atoms with Gasteiger partial charge in [-0.05, 0) is 44.0 Å². The van der Waals surface area contributed by atoms with Gasteiger partial charge in [0, 0.05) is 19.1 Å². The SMILES string of the molecule is Cc1ccc(CCN(C)CC(N)CO)cc1C. The molecule has 0 fully saturated rings. The van der Waals surface area contributed by atoms with Crippen LogP contribution in [-0.4, -0.2) is 42.8 Å². The van der Waals surface area contributed by atoms with Crippen LogP contribution in [0.4, 0.5) is 0 Å². The van der Waals surface area contributed by atoms with Crippen LogP contribution in [-0.2, 0) is 6.42 Å². The molecule has 0 amide bonds. The Balaban J connectivity index is 2.42. The van der Waals surface area contributed by atoms with Crippen molar-refractivity contribution in [3.63, 3.8) is 0 Å². The van der Waals surface area contributed by atoms with Crippen LogP contribution < -0.4 is 5.73 Å². The molecule has 1 atom stereocenters. The molecule has 3 nitrogen and oxygen atoms in total. The van der Waals surface area contributed by atoms with Gasteiger partial charge in [-0.1, -0.05) is 18.2 Å². The van der Waals surface area contributed by atoms with Gasteiger partial charge in [-0.3, -0.25) is 0 Å². The third kappa shape index (κ3) is 4.86. The molecular formula is C14H24N2O. The molecule has 0 radical (unpaired) electrons. The normalized spacial score (nSPS) is 13.1. The van der Waals surface area contributed by atoms with Gasteiger partial charge in [0.2, 0.25) is 0 Å². The van der Waals surface area contributed by atoms with Crippen molar-refractivity contribution < 1.29 is 5.11 Å². The Labute approximate surface area is 104 Å². The molecule has 0 saturated heterocycles. The second-order valence-corrected chi connectivity index (χ2v) is 4.87. The molecule has 0 aliphatic rings. The maximum absolute atomic E-state index is 8.88. The molecule has 1 rings (SSSR count). The second-order valence-electron chi connectivity index (χ2n) is 4.87. The lowest BCUT2D eigenvalue weighted by atomic mass is 10.0. The standard InChI is InChI=1S/C14H24N2O/c1-11-4-5-13(8-12(11)2)6-7-16(3)9-14(15)10-17/h4-5,8,14,17H,6-7,9-10,15H2,1-3H3. The molecule has 96 valence electrons. The van der Waals surface area contributed by atoms with E-state index >= 15 is 0 Å². The Bertz CT molecular complexity index is 352. The molecule has 1 unspecified atom stereocenters. The summed E-state index contributed by atoms with van der Waals surface area (Å²) in [4.78, 5) is 2.16. The zero-order valence-corrected chi connectivity index (χ0v) is 11.1. The molecule has 1 aromatic carbocycles. The van der Waals surface area contributed by atoms with Crippen molar-refractivity contribution in [3.8, 4) is 0 Å². The Morgan fingerprint density at radius 3 is 2.59 bits per heavy atom. The van der Waals surface area contributed by atoms with Crippen LogP contribution in [0.25, 0.3) is 0 Å². The van der Waals surface area contributed by atoms with Crippen molar-refractivity contribution in [3.05, 3.63) is 34.9 Å². The third-order valence-corrected chi connectivity index (χ3v) is 3.13. The van der Waals surface area contributed by atoms with Gasteiger partial charge < -0.3 is 15.7 Å². The van der Waals surface area contributed by atoms with Crippen LogP contribution >= 0.6 is 0 Å². The maximum Gasteiger partial charge on any atom is 0.0595 e. The lowest BCUT2D eigenvalue weighted by molar-refractivity contribution is 0.223. The quantitative estimate of drug-likeness (QED) is 0.777. The highest BCUT2D eigenvalue weighted by molar-refractivity contribution is 5.30. The summed E-state index contributed by atoms with van der Waals surface area (Å²) >= 11 is 0. The lowest BCUT2D eigenvalue weighted by Crippen LogP contribution is -2.38. The molecule has 0 spiro atoms. The Morgan fingerprint density at radius 2 is 2.00 bits per heavy atom. The molecule has 0 aromatic heterocycles. The molecule has 3 heteroatoms. The number of hydrogen-bond donors (Lipinski definition) is 2. The van der Waals surface area contributed by atoms with Crippen LogP contribution in [0.3, 0.4) is 0 Å². The number of benzene rings is 1. The van der Waals surface area contributed by atoms with E-state index < -0.39 is 0 Å². The van der Waals surface area contributed by atoms with Crippen molar-refractivity contribution in [2.45, 2.75) is 26.3 Å². The number of aryl methyl sites for hydroxylation is 2. The second kappa shape index (κ2) is 6.74. The molecule has 0 saturated carbocycles. The third-order valence-electron chi connectivity index (χ3n) is 3.13. The minimum atomic E-state index is -0.139. The van der Waals surface area contributed by atoms with Crippen LogP contribution in [0.2, 0.25) is 0 Å². The van der Waals surface area contributed by atoms with Gasteiger partial charge in [0.1, 0.15) is 0 Å². The van der Waals surface area contributed by atoms with E-state index in [0.717, 1.165) is 19.5 Å². The van der Waals surface area contributed by atoms with Crippen molar-refractivity contribution in [2.75, 3.05) is 26.7 Å². The number of hydrogen-bond acceptors (Lipinski definition) is 3. The molecule has 3 N–H and O–H groups in total. The van der Waals surface area contributed by atoms with Crippen molar-refractivity contribution in [1.82, 2.24) is 4.90 Å². The smallest absolute Gasteiger partial charge is 0.0595 e. The van der Waals surface area contributed by atoms with Gasteiger partial charge >= 0.3 is 0 Å². The first-order valence-electron chi connectivity index (χ1n) is 6.14.